The summed E-state index contributed by atoms with van der Waals surface area (Å²) in [4.78, 5) is 0. The van der Waals surface area contributed by atoms with Crippen LogP contribution in [0, 0.1) is 0 Å². The number of hydrazine groups is 1. The number of phenols is 1. The molecule has 0 aromatic heterocycles. The van der Waals surface area contributed by atoms with Gasteiger partial charge in [-0.25, -0.2) is 5.43 Å². The van der Waals surface area contributed by atoms with E-state index in [1.807, 2.05) is 17.1 Å². The van der Waals surface area contributed by atoms with Crippen LogP contribution in [-0.4, -0.2) is 24.7 Å². The highest BCUT2D eigenvalue weighted by molar-refractivity contribution is 5.49. The zero-order valence-electron chi connectivity index (χ0n) is 9.82. The maximum atomic E-state index is 9.43. The molecule has 1 rings (SSSR count). The van der Waals surface area contributed by atoms with E-state index in [1.54, 1.807) is 12.1 Å². The van der Waals surface area contributed by atoms with Crippen molar-refractivity contribution in [2.24, 2.45) is 5.73 Å². The van der Waals surface area contributed by atoms with Gasteiger partial charge in [0.1, 0.15) is 5.75 Å². The second kappa shape index (κ2) is 7.09. The molecule has 0 fully saturated rings. The van der Waals surface area contributed by atoms with E-state index in [-0.39, 0.29) is 5.75 Å². The molecule has 4 heteroatoms. The van der Waals surface area contributed by atoms with Crippen LogP contribution in [0.4, 0.5) is 5.69 Å². The lowest BCUT2D eigenvalue weighted by atomic mass is 10.3. The van der Waals surface area contributed by atoms with Crippen molar-refractivity contribution in [1.82, 2.24) is 5.43 Å². The maximum absolute atomic E-state index is 9.43. The highest BCUT2D eigenvalue weighted by atomic mass is 16.3. The summed E-state index contributed by atoms with van der Waals surface area (Å²) in [5.74, 6) is 0.286. The van der Waals surface area contributed by atoms with E-state index in [9.17, 15) is 5.11 Å². The molecule has 0 aliphatic carbocycles. The van der Waals surface area contributed by atoms with Crippen molar-refractivity contribution in [1.29, 1.82) is 0 Å². The summed E-state index contributed by atoms with van der Waals surface area (Å²) in [7, 11) is 0. The minimum absolute atomic E-state index is 0.286. The molecule has 4 nitrogen and oxygen atoms in total. The average molecular weight is 223 g/mol. The highest BCUT2D eigenvalue weighted by Crippen LogP contribution is 2.18. The Hall–Kier alpha value is -1.26. The zero-order chi connectivity index (χ0) is 11.8. The summed E-state index contributed by atoms with van der Waals surface area (Å²) >= 11 is 0. The van der Waals surface area contributed by atoms with Gasteiger partial charge in [-0.2, -0.15) is 0 Å². The summed E-state index contributed by atoms with van der Waals surface area (Å²) in [6.07, 6.45) is 1.99. The Kier molecular flexibility index (Phi) is 5.67. The van der Waals surface area contributed by atoms with Gasteiger partial charge >= 0.3 is 0 Å². The third-order valence-corrected chi connectivity index (χ3v) is 2.28. The number of aromatic hydroxyl groups is 1. The number of anilines is 1. The van der Waals surface area contributed by atoms with Crippen LogP contribution in [0.5, 0.6) is 5.75 Å². The van der Waals surface area contributed by atoms with Crippen molar-refractivity contribution in [3.63, 3.8) is 0 Å². The molecule has 0 saturated heterocycles. The summed E-state index contributed by atoms with van der Waals surface area (Å²) in [6.45, 7) is 4.56. The Morgan fingerprint density at radius 1 is 1.44 bits per heavy atom. The van der Waals surface area contributed by atoms with Gasteiger partial charge in [-0.15, -0.1) is 0 Å². The molecule has 0 saturated carbocycles. The Morgan fingerprint density at radius 2 is 2.25 bits per heavy atom. The largest absolute Gasteiger partial charge is 0.508 e. The fourth-order valence-corrected chi connectivity index (χ4v) is 1.46. The van der Waals surface area contributed by atoms with Crippen LogP contribution >= 0.6 is 0 Å². The van der Waals surface area contributed by atoms with Gasteiger partial charge in [-0.3, -0.25) is 0 Å². The third kappa shape index (κ3) is 4.08. The van der Waals surface area contributed by atoms with Crippen LogP contribution in [0.15, 0.2) is 24.3 Å². The maximum Gasteiger partial charge on any atom is 0.117 e. The van der Waals surface area contributed by atoms with E-state index in [2.05, 4.69) is 12.3 Å². The fraction of sp³-hybridized carbons (Fsp3) is 0.500. The Labute approximate surface area is 97.0 Å². The lowest BCUT2D eigenvalue weighted by molar-refractivity contribution is 0.474. The summed E-state index contributed by atoms with van der Waals surface area (Å²) in [5.41, 5.74) is 9.80. The molecule has 0 aliphatic heterocycles. The molecule has 1 aromatic rings. The van der Waals surface area contributed by atoms with Crippen LogP contribution in [0.1, 0.15) is 19.8 Å². The molecule has 0 aliphatic rings. The molecule has 1 aromatic carbocycles. The normalized spacial score (nSPS) is 10.4. The first kappa shape index (κ1) is 12.8. The third-order valence-electron chi connectivity index (χ3n) is 2.28. The summed E-state index contributed by atoms with van der Waals surface area (Å²) < 4.78 is 0. The number of hydrogen-bond donors (Lipinski definition) is 3. The summed E-state index contributed by atoms with van der Waals surface area (Å²) in [5, 5.41) is 11.5. The minimum atomic E-state index is 0.286. The second-order valence-corrected chi connectivity index (χ2v) is 3.72. The van der Waals surface area contributed by atoms with Gasteiger partial charge in [0.25, 0.3) is 0 Å². The van der Waals surface area contributed by atoms with Crippen LogP contribution in [0.25, 0.3) is 0 Å². The number of nitrogens with one attached hydrogen (secondary N) is 1. The molecule has 0 atom stereocenters. The van der Waals surface area contributed by atoms with E-state index in [0.717, 1.165) is 31.6 Å². The van der Waals surface area contributed by atoms with Crippen molar-refractivity contribution in [3.8, 4) is 5.75 Å². The molecule has 0 amide bonds. The fourth-order valence-electron chi connectivity index (χ4n) is 1.46. The SMILES string of the molecule is CCCNN(CCCN)c1cccc(O)c1. The topological polar surface area (TPSA) is 61.5 Å². The summed E-state index contributed by atoms with van der Waals surface area (Å²) in [6, 6.07) is 7.23. The van der Waals surface area contributed by atoms with Crippen molar-refractivity contribution in [3.05, 3.63) is 24.3 Å². The molecule has 90 valence electrons. The molecule has 0 bridgehead atoms. The van der Waals surface area contributed by atoms with Crippen molar-refractivity contribution in [2.75, 3.05) is 24.6 Å². The standard InChI is InChI=1S/C12H21N3O/c1-2-8-14-15(9-4-7-13)11-5-3-6-12(16)10-11/h3,5-6,10,14,16H,2,4,7-9,13H2,1H3. The predicted molar refractivity (Wildman–Crippen MR) is 67.4 cm³/mol. The smallest absolute Gasteiger partial charge is 0.117 e. The number of nitrogens with zero attached hydrogens (tertiary/aromatic N) is 1. The monoisotopic (exact) mass is 223 g/mol. The van der Waals surface area contributed by atoms with E-state index in [1.165, 1.54) is 0 Å². The number of phenolic OH excluding ortho intramolecular Hbond substituents is 1. The molecule has 0 unspecified atom stereocenters. The number of benzene rings is 1. The van der Waals surface area contributed by atoms with Gasteiger partial charge in [-0.05, 0) is 31.5 Å². The van der Waals surface area contributed by atoms with Gasteiger partial charge in [-0.1, -0.05) is 13.0 Å². The molecule has 4 N–H and O–H groups in total. The first-order chi connectivity index (χ1) is 7.77. The molecule has 0 radical (unpaired) electrons. The number of hydrogen-bond acceptors (Lipinski definition) is 4. The van der Waals surface area contributed by atoms with Crippen molar-refractivity contribution >= 4 is 5.69 Å². The molecule has 16 heavy (non-hydrogen) atoms. The second-order valence-electron chi connectivity index (χ2n) is 3.72. The molecular formula is C12H21N3O. The first-order valence-electron chi connectivity index (χ1n) is 5.78. The van der Waals surface area contributed by atoms with Crippen LogP contribution in [0.2, 0.25) is 0 Å². The number of nitrogens with two attached hydrogens (primary N) is 1. The van der Waals surface area contributed by atoms with Crippen molar-refractivity contribution < 1.29 is 5.11 Å². The van der Waals surface area contributed by atoms with Gasteiger partial charge in [0.15, 0.2) is 0 Å². The first-order valence-corrected chi connectivity index (χ1v) is 5.78. The van der Waals surface area contributed by atoms with E-state index >= 15 is 0 Å². The van der Waals surface area contributed by atoms with Crippen LogP contribution in [0.3, 0.4) is 0 Å². The lowest BCUT2D eigenvalue weighted by Gasteiger charge is -2.25. The zero-order valence-corrected chi connectivity index (χ0v) is 9.82. The molecule has 0 heterocycles. The van der Waals surface area contributed by atoms with Crippen LogP contribution < -0.4 is 16.2 Å². The molecular weight excluding hydrogens is 202 g/mol. The average Bonchev–Trinajstić information content (AvgIpc) is 2.29. The number of rotatable bonds is 7. The Bertz CT molecular complexity index is 296. The van der Waals surface area contributed by atoms with Crippen LogP contribution in [-0.2, 0) is 0 Å². The lowest BCUT2D eigenvalue weighted by Crippen LogP contribution is -2.40. The van der Waals surface area contributed by atoms with Gasteiger partial charge in [0, 0.05) is 19.2 Å². The highest BCUT2D eigenvalue weighted by Gasteiger charge is 2.05. The van der Waals surface area contributed by atoms with E-state index in [4.69, 9.17) is 5.73 Å². The Morgan fingerprint density at radius 3 is 2.88 bits per heavy atom. The Balaban J connectivity index is 2.66. The molecule has 0 spiro atoms. The van der Waals surface area contributed by atoms with Crippen molar-refractivity contribution in [2.45, 2.75) is 19.8 Å². The van der Waals surface area contributed by atoms with Gasteiger partial charge < -0.3 is 15.8 Å². The van der Waals surface area contributed by atoms with E-state index in [0.29, 0.717) is 6.54 Å². The van der Waals surface area contributed by atoms with Gasteiger partial charge in [0.2, 0.25) is 0 Å². The minimum Gasteiger partial charge on any atom is -0.508 e. The van der Waals surface area contributed by atoms with E-state index < -0.39 is 0 Å². The predicted octanol–water partition coefficient (Wildman–Crippen LogP) is 1.46. The quantitative estimate of drug-likeness (QED) is 0.612. The van der Waals surface area contributed by atoms with Gasteiger partial charge in [0.05, 0.1) is 5.69 Å².